The summed E-state index contributed by atoms with van der Waals surface area (Å²) in [5.41, 5.74) is 8.29. The number of nitrogens with zero attached hydrogens (tertiary/aromatic N) is 2. The van der Waals surface area contributed by atoms with Crippen molar-refractivity contribution >= 4 is 28.8 Å². The summed E-state index contributed by atoms with van der Waals surface area (Å²) >= 11 is 5.00. The van der Waals surface area contributed by atoms with E-state index in [1.807, 2.05) is 18.2 Å². The Balaban J connectivity index is 2.40. The number of hydrogen-bond donors (Lipinski definition) is 2. The molecule has 0 spiro atoms. The van der Waals surface area contributed by atoms with Crippen LogP contribution in [0.1, 0.15) is 21.6 Å². The molecule has 5 nitrogen and oxygen atoms in total. The third kappa shape index (κ3) is 2.48. The van der Waals surface area contributed by atoms with Gasteiger partial charge in [0, 0.05) is 18.3 Å². The molecule has 1 aromatic carbocycles. The standard InChI is InChI=1S/C13H14N4OS/c1-8-10(7-15-16-8)13(18)17(2)11-6-4-3-5-9(11)12(14)19/h3-7H,1-2H3,(H2,14,19)(H,15,16). The molecule has 0 atom stereocenters. The van der Waals surface area contributed by atoms with Crippen molar-refractivity contribution in [3.05, 3.63) is 47.3 Å². The van der Waals surface area contributed by atoms with Crippen molar-refractivity contribution in [3.63, 3.8) is 0 Å². The second kappa shape index (κ2) is 5.19. The van der Waals surface area contributed by atoms with Crippen LogP contribution in [-0.4, -0.2) is 28.1 Å². The quantitative estimate of drug-likeness (QED) is 0.834. The summed E-state index contributed by atoms with van der Waals surface area (Å²) in [6, 6.07) is 7.27. The van der Waals surface area contributed by atoms with Crippen LogP contribution < -0.4 is 10.6 Å². The van der Waals surface area contributed by atoms with E-state index in [1.54, 1.807) is 20.0 Å². The van der Waals surface area contributed by atoms with Crippen molar-refractivity contribution in [3.8, 4) is 0 Å². The molecule has 1 heterocycles. The number of anilines is 1. The fourth-order valence-electron chi connectivity index (χ4n) is 1.83. The number of nitrogens with one attached hydrogen (secondary N) is 1. The van der Waals surface area contributed by atoms with Crippen LogP contribution in [0.4, 0.5) is 5.69 Å². The molecule has 0 unspecified atom stereocenters. The van der Waals surface area contributed by atoms with Crippen molar-refractivity contribution in [2.24, 2.45) is 5.73 Å². The van der Waals surface area contributed by atoms with E-state index in [2.05, 4.69) is 10.2 Å². The Morgan fingerprint density at radius 1 is 1.37 bits per heavy atom. The van der Waals surface area contributed by atoms with Crippen LogP contribution in [0, 0.1) is 6.92 Å². The first kappa shape index (κ1) is 13.2. The number of aromatic amines is 1. The highest BCUT2D eigenvalue weighted by Gasteiger charge is 2.19. The summed E-state index contributed by atoms with van der Waals surface area (Å²) in [7, 11) is 1.69. The highest BCUT2D eigenvalue weighted by molar-refractivity contribution is 7.80. The molecule has 0 fully saturated rings. The van der Waals surface area contributed by atoms with E-state index < -0.39 is 0 Å². The number of amides is 1. The van der Waals surface area contributed by atoms with Gasteiger partial charge < -0.3 is 10.6 Å². The molecule has 2 aromatic rings. The molecule has 0 aliphatic rings. The van der Waals surface area contributed by atoms with E-state index in [0.717, 1.165) is 5.69 Å². The Labute approximate surface area is 116 Å². The van der Waals surface area contributed by atoms with Gasteiger partial charge in [0.05, 0.1) is 17.4 Å². The number of rotatable bonds is 3. The van der Waals surface area contributed by atoms with E-state index >= 15 is 0 Å². The number of nitrogens with two attached hydrogens (primary N) is 1. The Kier molecular flexibility index (Phi) is 3.62. The number of carbonyl (C=O) groups is 1. The van der Waals surface area contributed by atoms with E-state index in [9.17, 15) is 4.79 Å². The first-order valence-electron chi connectivity index (χ1n) is 5.69. The zero-order valence-corrected chi connectivity index (χ0v) is 11.5. The molecule has 0 bridgehead atoms. The smallest absolute Gasteiger partial charge is 0.261 e. The number of aromatic nitrogens is 2. The molecule has 98 valence electrons. The van der Waals surface area contributed by atoms with Gasteiger partial charge in [0.2, 0.25) is 0 Å². The zero-order valence-electron chi connectivity index (χ0n) is 10.7. The fourth-order valence-corrected chi connectivity index (χ4v) is 2.00. The van der Waals surface area contributed by atoms with Crippen molar-refractivity contribution in [1.29, 1.82) is 0 Å². The summed E-state index contributed by atoms with van der Waals surface area (Å²) in [4.78, 5) is 14.2. The van der Waals surface area contributed by atoms with E-state index in [1.165, 1.54) is 11.1 Å². The molecule has 0 aliphatic heterocycles. The SMILES string of the molecule is Cc1[nH]ncc1C(=O)N(C)c1ccccc1C(N)=S. The van der Waals surface area contributed by atoms with Crippen LogP contribution in [0.2, 0.25) is 0 Å². The van der Waals surface area contributed by atoms with Gasteiger partial charge in [0.25, 0.3) is 5.91 Å². The second-order valence-electron chi connectivity index (χ2n) is 4.15. The predicted octanol–water partition coefficient (Wildman–Crippen LogP) is 1.63. The number of benzene rings is 1. The Bertz CT molecular complexity index is 635. The Morgan fingerprint density at radius 2 is 2.05 bits per heavy atom. The lowest BCUT2D eigenvalue weighted by molar-refractivity contribution is 0.0992. The lowest BCUT2D eigenvalue weighted by Crippen LogP contribution is -2.29. The number of para-hydroxylation sites is 1. The summed E-state index contributed by atoms with van der Waals surface area (Å²) in [6.45, 7) is 1.80. The normalized spacial score (nSPS) is 10.2. The van der Waals surface area contributed by atoms with Crippen molar-refractivity contribution in [2.75, 3.05) is 11.9 Å². The maximum absolute atomic E-state index is 12.4. The number of hydrogen-bond acceptors (Lipinski definition) is 3. The summed E-state index contributed by atoms with van der Waals surface area (Å²) in [5, 5.41) is 6.60. The maximum atomic E-state index is 12.4. The number of carbonyl (C=O) groups excluding carboxylic acids is 1. The van der Waals surface area contributed by atoms with Gasteiger partial charge in [-0.2, -0.15) is 5.10 Å². The molecular weight excluding hydrogens is 260 g/mol. The van der Waals surface area contributed by atoms with Gasteiger partial charge in [-0.05, 0) is 19.1 Å². The van der Waals surface area contributed by atoms with Crippen molar-refractivity contribution in [1.82, 2.24) is 10.2 Å². The van der Waals surface area contributed by atoms with Crippen LogP contribution in [-0.2, 0) is 0 Å². The molecule has 2 rings (SSSR count). The van der Waals surface area contributed by atoms with Gasteiger partial charge in [-0.1, -0.05) is 24.4 Å². The summed E-state index contributed by atoms with van der Waals surface area (Å²) in [5.74, 6) is -0.157. The van der Waals surface area contributed by atoms with E-state index in [-0.39, 0.29) is 10.9 Å². The Hall–Kier alpha value is -2.21. The average Bonchev–Trinajstić information content (AvgIpc) is 2.83. The topological polar surface area (TPSA) is 75.0 Å². The molecule has 1 aromatic heterocycles. The second-order valence-corrected chi connectivity index (χ2v) is 4.59. The fraction of sp³-hybridized carbons (Fsp3) is 0.154. The minimum Gasteiger partial charge on any atom is -0.389 e. The predicted molar refractivity (Wildman–Crippen MR) is 78.4 cm³/mol. The molecule has 0 radical (unpaired) electrons. The minimum atomic E-state index is -0.157. The van der Waals surface area contributed by atoms with Gasteiger partial charge in [0.1, 0.15) is 4.99 Å². The minimum absolute atomic E-state index is 0.157. The first-order chi connectivity index (χ1) is 9.02. The summed E-state index contributed by atoms with van der Waals surface area (Å²) in [6.07, 6.45) is 1.51. The van der Waals surface area contributed by atoms with Gasteiger partial charge in [-0.25, -0.2) is 0 Å². The van der Waals surface area contributed by atoms with Gasteiger partial charge in [0.15, 0.2) is 0 Å². The van der Waals surface area contributed by atoms with Crippen LogP contribution in [0.3, 0.4) is 0 Å². The first-order valence-corrected chi connectivity index (χ1v) is 6.10. The Morgan fingerprint density at radius 3 is 2.63 bits per heavy atom. The lowest BCUT2D eigenvalue weighted by atomic mass is 10.1. The van der Waals surface area contributed by atoms with Crippen LogP contribution >= 0.6 is 12.2 Å². The molecule has 6 heteroatoms. The zero-order chi connectivity index (χ0) is 14.0. The molecular formula is C13H14N4OS. The summed E-state index contributed by atoms with van der Waals surface area (Å²) < 4.78 is 0. The molecule has 0 saturated heterocycles. The number of aryl methyl sites for hydroxylation is 1. The lowest BCUT2D eigenvalue weighted by Gasteiger charge is -2.20. The van der Waals surface area contributed by atoms with Crippen LogP contribution in [0.15, 0.2) is 30.5 Å². The molecule has 3 N–H and O–H groups in total. The molecule has 0 saturated carbocycles. The van der Waals surface area contributed by atoms with E-state index in [4.69, 9.17) is 18.0 Å². The molecule has 0 aliphatic carbocycles. The average molecular weight is 274 g/mol. The monoisotopic (exact) mass is 274 g/mol. The van der Waals surface area contributed by atoms with Crippen LogP contribution in [0.5, 0.6) is 0 Å². The van der Waals surface area contributed by atoms with Gasteiger partial charge in [-0.3, -0.25) is 9.89 Å². The van der Waals surface area contributed by atoms with Crippen molar-refractivity contribution < 1.29 is 4.79 Å². The van der Waals surface area contributed by atoms with E-state index in [0.29, 0.717) is 16.8 Å². The molecule has 1 amide bonds. The maximum Gasteiger partial charge on any atom is 0.261 e. The highest BCUT2D eigenvalue weighted by atomic mass is 32.1. The third-order valence-electron chi connectivity index (χ3n) is 2.90. The van der Waals surface area contributed by atoms with Gasteiger partial charge >= 0.3 is 0 Å². The number of H-pyrrole nitrogens is 1. The highest BCUT2D eigenvalue weighted by Crippen LogP contribution is 2.21. The third-order valence-corrected chi connectivity index (χ3v) is 3.12. The number of thiocarbonyl (C=S) groups is 1. The van der Waals surface area contributed by atoms with Gasteiger partial charge in [-0.15, -0.1) is 0 Å². The van der Waals surface area contributed by atoms with Crippen molar-refractivity contribution in [2.45, 2.75) is 6.92 Å². The van der Waals surface area contributed by atoms with Crippen LogP contribution in [0.25, 0.3) is 0 Å². The molecule has 19 heavy (non-hydrogen) atoms. The largest absolute Gasteiger partial charge is 0.389 e.